The molecule has 0 saturated carbocycles. The van der Waals surface area contributed by atoms with Crippen LogP contribution in [0, 0.1) is 5.92 Å². The van der Waals surface area contributed by atoms with Crippen molar-refractivity contribution < 1.29 is 10.2 Å². The molecule has 0 rings (SSSR count). The molecule has 1 unspecified atom stereocenters. The fraction of sp³-hybridized carbons (Fsp3) is 1.00. The number of nitrogens with zero attached hydrogens (tertiary/aromatic N) is 1. The molecule has 0 heterocycles. The van der Waals surface area contributed by atoms with E-state index in [0.717, 1.165) is 26.1 Å². The van der Waals surface area contributed by atoms with Crippen molar-refractivity contribution in [2.24, 2.45) is 5.92 Å². The molecular formula is C11H25NO2. The lowest BCUT2D eigenvalue weighted by Crippen LogP contribution is -2.32. The summed E-state index contributed by atoms with van der Waals surface area (Å²) >= 11 is 0. The third-order valence-electron chi connectivity index (χ3n) is 2.40. The standard InChI is InChI=1S/C11H25NO2/c1-3-5-11(2)10-12(7-9-14)6-4-8-13/h11,13-14H,3-10H2,1-2H3. The fourth-order valence-corrected chi connectivity index (χ4v) is 1.75. The second-order valence-corrected chi connectivity index (χ2v) is 4.00. The lowest BCUT2D eigenvalue weighted by molar-refractivity contribution is 0.162. The minimum absolute atomic E-state index is 0.213. The highest BCUT2D eigenvalue weighted by Crippen LogP contribution is 2.07. The Hall–Kier alpha value is -0.120. The van der Waals surface area contributed by atoms with Gasteiger partial charge in [0.05, 0.1) is 6.61 Å². The number of rotatable bonds is 9. The molecule has 0 aliphatic rings. The van der Waals surface area contributed by atoms with Gasteiger partial charge in [-0.25, -0.2) is 0 Å². The van der Waals surface area contributed by atoms with Gasteiger partial charge in [-0.05, 0) is 18.8 Å². The molecule has 0 aromatic rings. The lowest BCUT2D eigenvalue weighted by atomic mass is 10.1. The highest BCUT2D eigenvalue weighted by Gasteiger charge is 2.08. The molecule has 0 spiro atoms. The molecular weight excluding hydrogens is 178 g/mol. The van der Waals surface area contributed by atoms with E-state index in [1.54, 1.807) is 0 Å². The summed E-state index contributed by atoms with van der Waals surface area (Å²) in [4.78, 5) is 2.23. The van der Waals surface area contributed by atoms with Crippen LogP contribution in [0.4, 0.5) is 0 Å². The average Bonchev–Trinajstić information content (AvgIpc) is 2.15. The summed E-state index contributed by atoms with van der Waals surface area (Å²) < 4.78 is 0. The molecule has 0 aliphatic carbocycles. The van der Waals surface area contributed by atoms with Crippen molar-refractivity contribution in [2.75, 3.05) is 32.8 Å². The number of aliphatic hydroxyl groups is 2. The number of aliphatic hydroxyl groups excluding tert-OH is 2. The zero-order chi connectivity index (χ0) is 10.8. The second-order valence-electron chi connectivity index (χ2n) is 4.00. The normalized spacial score (nSPS) is 13.5. The van der Waals surface area contributed by atoms with Gasteiger partial charge in [0.15, 0.2) is 0 Å². The van der Waals surface area contributed by atoms with Crippen molar-refractivity contribution >= 4 is 0 Å². The van der Waals surface area contributed by atoms with Crippen LogP contribution in [0.2, 0.25) is 0 Å². The molecule has 0 saturated heterocycles. The summed E-state index contributed by atoms with van der Waals surface area (Å²) in [5.74, 6) is 0.685. The van der Waals surface area contributed by atoms with Gasteiger partial charge >= 0.3 is 0 Å². The summed E-state index contributed by atoms with van der Waals surface area (Å²) in [5, 5.41) is 17.6. The van der Waals surface area contributed by atoms with E-state index in [2.05, 4.69) is 18.7 Å². The molecule has 0 aromatic heterocycles. The van der Waals surface area contributed by atoms with Crippen molar-refractivity contribution in [3.05, 3.63) is 0 Å². The predicted molar refractivity (Wildman–Crippen MR) is 59.3 cm³/mol. The first-order valence-corrected chi connectivity index (χ1v) is 5.68. The summed E-state index contributed by atoms with van der Waals surface area (Å²) in [7, 11) is 0. The Labute approximate surface area is 87.7 Å². The van der Waals surface area contributed by atoms with E-state index in [1.807, 2.05) is 0 Å². The summed E-state index contributed by atoms with van der Waals surface area (Å²) in [6, 6.07) is 0. The molecule has 3 heteroatoms. The molecule has 0 bridgehead atoms. The van der Waals surface area contributed by atoms with E-state index in [9.17, 15) is 0 Å². The molecule has 1 atom stereocenters. The quantitative estimate of drug-likeness (QED) is 0.590. The molecule has 0 aromatic carbocycles. The minimum atomic E-state index is 0.213. The smallest absolute Gasteiger partial charge is 0.0558 e. The van der Waals surface area contributed by atoms with Crippen LogP contribution < -0.4 is 0 Å². The zero-order valence-electron chi connectivity index (χ0n) is 9.58. The maximum absolute atomic E-state index is 8.87. The van der Waals surface area contributed by atoms with Crippen molar-refractivity contribution in [3.8, 4) is 0 Å². The van der Waals surface area contributed by atoms with Gasteiger partial charge in [0.2, 0.25) is 0 Å². The van der Waals surface area contributed by atoms with Crippen LogP contribution in [-0.4, -0.2) is 48.0 Å². The maximum Gasteiger partial charge on any atom is 0.0558 e. The Balaban J connectivity index is 3.69. The third-order valence-corrected chi connectivity index (χ3v) is 2.40. The molecule has 2 N–H and O–H groups in total. The topological polar surface area (TPSA) is 43.7 Å². The fourth-order valence-electron chi connectivity index (χ4n) is 1.75. The van der Waals surface area contributed by atoms with Gasteiger partial charge in [-0.2, -0.15) is 0 Å². The molecule has 0 amide bonds. The monoisotopic (exact) mass is 203 g/mol. The first-order chi connectivity index (χ1) is 6.74. The van der Waals surface area contributed by atoms with Crippen LogP contribution in [0.15, 0.2) is 0 Å². The van der Waals surface area contributed by atoms with Crippen molar-refractivity contribution in [2.45, 2.75) is 33.1 Å². The minimum Gasteiger partial charge on any atom is -0.396 e. The van der Waals surface area contributed by atoms with E-state index in [0.29, 0.717) is 5.92 Å². The summed E-state index contributed by atoms with van der Waals surface area (Å²) in [6.45, 7) is 7.55. The summed E-state index contributed by atoms with van der Waals surface area (Å²) in [6.07, 6.45) is 3.26. The molecule has 86 valence electrons. The van der Waals surface area contributed by atoms with Crippen LogP contribution in [0.5, 0.6) is 0 Å². The van der Waals surface area contributed by atoms with Crippen LogP contribution >= 0.6 is 0 Å². The summed E-state index contributed by atoms with van der Waals surface area (Å²) in [5.41, 5.74) is 0. The first-order valence-electron chi connectivity index (χ1n) is 5.68. The van der Waals surface area contributed by atoms with Crippen LogP contribution in [-0.2, 0) is 0 Å². The molecule has 3 nitrogen and oxygen atoms in total. The highest BCUT2D eigenvalue weighted by molar-refractivity contribution is 4.62. The lowest BCUT2D eigenvalue weighted by Gasteiger charge is -2.24. The predicted octanol–water partition coefficient (Wildman–Crippen LogP) is 1.10. The van der Waals surface area contributed by atoms with Gasteiger partial charge in [-0.1, -0.05) is 20.3 Å². The van der Waals surface area contributed by atoms with Crippen molar-refractivity contribution in [3.63, 3.8) is 0 Å². The Bertz CT molecular complexity index is 120. The Kier molecular flexibility index (Phi) is 9.35. The first kappa shape index (κ1) is 13.9. The van der Waals surface area contributed by atoms with E-state index >= 15 is 0 Å². The Morgan fingerprint density at radius 3 is 2.36 bits per heavy atom. The molecule has 14 heavy (non-hydrogen) atoms. The zero-order valence-corrected chi connectivity index (χ0v) is 9.58. The average molecular weight is 203 g/mol. The maximum atomic E-state index is 8.87. The van der Waals surface area contributed by atoms with Crippen molar-refractivity contribution in [1.82, 2.24) is 4.90 Å². The largest absolute Gasteiger partial charge is 0.396 e. The highest BCUT2D eigenvalue weighted by atomic mass is 16.3. The van der Waals surface area contributed by atoms with E-state index in [4.69, 9.17) is 10.2 Å². The van der Waals surface area contributed by atoms with Crippen LogP contribution in [0.3, 0.4) is 0 Å². The van der Waals surface area contributed by atoms with Gasteiger partial charge in [-0.3, -0.25) is 0 Å². The van der Waals surface area contributed by atoms with E-state index in [1.165, 1.54) is 12.8 Å². The van der Waals surface area contributed by atoms with Gasteiger partial charge in [-0.15, -0.1) is 0 Å². The second kappa shape index (κ2) is 9.44. The van der Waals surface area contributed by atoms with Gasteiger partial charge in [0.1, 0.15) is 0 Å². The third kappa shape index (κ3) is 7.30. The van der Waals surface area contributed by atoms with Crippen molar-refractivity contribution in [1.29, 1.82) is 0 Å². The van der Waals surface area contributed by atoms with E-state index in [-0.39, 0.29) is 13.2 Å². The van der Waals surface area contributed by atoms with Gasteiger partial charge in [0, 0.05) is 26.2 Å². The SMILES string of the molecule is CCCC(C)CN(CCO)CCCO. The van der Waals surface area contributed by atoms with Crippen LogP contribution in [0.1, 0.15) is 33.1 Å². The van der Waals surface area contributed by atoms with Gasteiger partial charge in [0.25, 0.3) is 0 Å². The number of hydrogen-bond donors (Lipinski definition) is 2. The molecule has 0 aliphatic heterocycles. The Morgan fingerprint density at radius 2 is 1.86 bits per heavy atom. The van der Waals surface area contributed by atoms with Gasteiger partial charge < -0.3 is 15.1 Å². The Morgan fingerprint density at radius 1 is 1.14 bits per heavy atom. The van der Waals surface area contributed by atoms with E-state index < -0.39 is 0 Å². The van der Waals surface area contributed by atoms with Crippen LogP contribution in [0.25, 0.3) is 0 Å². The molecule has 0 radical (unpaired) electrons. The number of hydrogen-bond acceptors (Lipinski definition) is 3. The molecule has 0 fully saturated rings.